The monoisotopic (exact) mass is 407 g/mol. The minimum absolute atomic E-state index is 0.107. The summed E-state index contributed by atoms with van der Waals surface area (Å²) >= 11 is 8.42. The van der Waals surface area contributed by atoms with Gasteiger partial charge in [-0.3, -0.25) is 10.1 Å². The van der Waals surface area contributed by atoms with Crippen molar-refractivity contribution < 1.29 is 9.59 Å². The van der Waals surface area contributed by atoms with Gasteiger partial charge in [-0.25, -0.2) is 14.8 Å². The molecule has 1 aromatic carbocycles. The maximum atomic E-state index is 12.0. The second kappa shape index (κ2) is 8.26. The van der Waals surface area contributed by atoms with E-state index < -0.39 is 6.03 Å². The van der Waals surface area contributed by atoms with E-state index in [0.29, 0.717) is 26.7 Å². The van der Waals surface area contributed by atoms with Crippen LogP contribution in [0.15, 0.2) is 35.0 Å². The van der Waals surface area contributed by atoms with Gasteiger partial charge in [0.15, 0.2) is 10.3 Å². The number of hydrogen-bond donors (Lipinski definition) is 3. The summed E-state index contributed by atoms with van der Waals surface area (Å²) in [4.78, 5) is 32.4. The summed E-state index contributed by atoms with van der Waals surface area (Å²) in [5.41, 5.74) is 2.04. The average Bonchev–Trinajstić information content (AvgIpc) is 3.18. The number of anilines is 3. The van der Waals surface area contributed by atoms with Gasteiger partial charge in [0.2, 0.25) is 5.91 Å². The molecular formula is C16H14ClN5O2S2. The third-order valence-electron chi connectivity index (χ3n) is 3.08. The van der Waals surface area contributed by atoms with Crippen molar-refractivity contribution in [3.8, 4) is 0 Å². The molecule has 3 aromatic rings. The zero-order chi connectivity index (χ0) is 18.5. The molecule has 3 amide bonds. The molecule has 0 radical (unpaired) electrons. The summed E-state index contributed by atoms with van der Waals surface area (Å²) in [5, 5.41) is 13.2. The number of carbonyl (C=O) groups excluding carboxylic acids is 2. The zero-order valence-electron chi connectivity index (χ0n) is 13.6. The third-order valence-corrected chi connectivity index (χ3v) is 5.02. The van der Waals surface area contributed by atoms with Gasteiger partial charge < -0.3 is 10.6 Å². The molecule has 7 nitrogen and oxygen atoms in total. The first-order chi connectivity index (χ1) is 12.5. The van der Waals surface area contributed by atoms with Gasteiger partial charge >= 0.3 is 6.03 Å². The van der Waals surface area contributed by atoms with Crippen LogP contribution >= 0.6 is 34.3 Å². The lowest BCUT2D eigenvalue weighted by Gasteiger charge is -2.05. The van der Waals surface area contributed by atoms with Gasteiger partial charge in [-0.15, -0.1) is 22.7 Å². The highest BCUT2D eigenvalue weighted by atomic mass is 35.5. The van der Waals surface area contributed by atoms with Crippen molar-refractivity contribution in [2.75, 3.05) is 16.0 Å². The smallest absolute Gasteiger partial charge is 0.308 e. The highest BCUT2D eigenvalue weighted by Crippen LogP contribution is 2.19. The van der Waals surface area contributed by atoms with Gasteiger partial charge in [-0.2, -0.15) is 0 Å². The number of urea groups is 1. The van der Waals surface area contributed by atoms with Gasteiger partial charge in [0, 0.05) is 21.5 Å². The van der Waals surface area contributed by atoms with Crippen molar-refractivity contribution in [2.45, 2.75) is 13.3 Å². The molecule has 10 heteroatoms. The lowest BCUT2D eigenvalue weighted by Crippen LogP contribution is -2.19. The molecule has 0 saturated heterocycles. The molecule has 26 heavy (non-hydrogen) atoms. The molecule has 0 saturated carbocycles. The van der Waals surface area contributed by atoms with Crippen LogP contribution in [0.25, 0.3) is 0 Å². The number of amides is 3. The standard InChI is InChI=1S/C16H14ClN5O2S2/c1-9-7-25-15(18-9)21-13(23)6-12-8-26-16(20-12)22-14(24)19-11-4-2-10(17)3-5-11/h2-5,7-8H,6H2,1H3,(H,18,21,23)(H2,19,20,22,24). The molecule has 0 bridgehead atoms. The largest absolute Gasteiger partial charge is 0.325 e. The topological polar surface area (TPSA) is 96.0 Å². The van der Waals surface area contributed by atoms with Crippen molar-refractivity contribution in [1.29, 1.82) is 0 Å². The fraction of sp³-hybridized carbons (Fsp3) is 0.125. The van der Waals surface area contributed by atoms with Crippen LogP contribution in [0.2, 0.25) is 5.02 Å². The molecule has 0 aliphatic carbocycles. The Kier molecular flexibility index (Phi) is 5.82. The number of aromatic nitrogens is 2. The zero-order valence-corrected chi connectivity index (χ0v) is 16.0. The second-order valence-corrected chi connectivity index (χ2v) is 7.40. The van der Waals surface area contributed by atoms with E-state index in [9.17, 15) is 9.59 Å². The van der Waals surface area contributed by atoms with Gasteiger partial charge in [-0.05, 0) is 31.2 Å². The number of carbonyl (C=O) groups is 2. The Morgan fingerprint density at radius 1 is 1.00 bits per heavy atom. The van der Waals surface area contributed by atoms with Gasteiger partial charge in [0.25, 0.3) is 0 Å². The molecule has 3 rings (SSSR count). The highest BCUT2D eigenvalue weighted by Gasteiger charge is 2.11. The number of rotatable bonds is 5. The maximum absolute atomic E-state index is 12.0. The van der Waals surface area contributed by atoms with Crippen LogP contribution in [-0.2, 0) is 11.2 Å². The summed E-state index contributed by atoms with van der Waals surface area (Å²) in [6, 6.07) is 6.33. The molecule has 0 spiro atoms. The fourth-order valence-electron chi connectivity index (χ4n) is 1.98. The number of hydrogen-bond acceptors (Lipinski definition) is 6. The fourth-order valence-corrected chi connectivity index (χ4v) is 3.51. The van der Waals surface area contributed by atoms with Crippen molar-refractivity contribution in [3.05, 3.63) is 51.4 Å². The lowest BCUT2D eigenvalue weighted by molar-refractivity contribution is -0.115. The number of halogens is 1. The van der Waals surface area contributed by atoms with Crippen LogP contribution in [0.5, 0.6) is 0 Å². The first-order valence-electron chi connectivity index (χ1n) is 7.48. The molecule has 0 aliphatic heterocycles. The number of aryl methyl sites for hydroxylation is 1. The quantitative estimate of drug-likeness (QED) is 0.584. The SMILES string of the molecule is Cc1csc(NC(=O)Cc2csc(NC(=O)Nc3ccc(Cl)cc3)n2)n1. The molecule has 2 aromatic heterocycles. The molecule has 134 valence electrons. The Morgan fingerprint density at radius 2 is 1.69 bits per heavy atom. The summed E-state index contributed by atoms with van der Waals surface area (Å²) in [6.07, 6.45) is 0.107. The normalized spacial score (nSPS) is 10.4. The Labute approximate surface area is 162 Å². The molecule has 0 unspecified atom stereocenters. The predicted octanol–water partition coefficient (Wildman–Crippen LogP) is 4.39. The van der Waals surface area contributed by atoms with E-state index in [0.717, 1.165) is 5.69 Å². The highest BCUT2D eigenvalue weighted by molar-refractivity contribution is 7.14. The van der Waals surface area contributed by atoms with Crippen molar-refractivity contribution in [1.82, 2.24) is 9.97 Å². The predicted molar refractivity (Wildman–Crippen MR) is 105 cm³/mol. The minimum Gasteiger partial charge on any atom is -0.308 e. The first kappa shape index (κ1) is 18.3. The van der Waals surface area contributed by atoms with Gasteiger partial charge in [-0.1, -0.05) is 11.6 Å². The van der Waals surface area contributed by atoms with Gasteiger partial charge in [0.05, 0.1) is 17.8 Å². The summed E-state index contributed by atoms with van der Waals surface area (Å²) in [5.74, 6) is -0.207. The first-order valence-corrected chi connectivity index (χ1v) is 9.61. The Hall–Kier alpha value is -2.49. The average molecular weight is 408 g/mol. The third kappa shape index (κ3) is 5.25. The van der Waals surface area contributed by atoms with Gasteiger partial charge in [0.1, 0.15) is 0 Å². The number of thiazole rings is 2. The van der Waals surface area contributed by atoms with Crippen molar-refractivity contribution in [3.63, 3.8) is 0 Å². The van der Waals surface area contributed by atoms with Crippen LogP contribution in [-0.4, -0.2) is 21.9 Å². The summed E-state index contributed by atoms with van der Waals surface area (Å²) < 4.78 is 0. The number of nitrogens with zero attached hydrogens (tertiary/aromatic N) is 2. The Balaban J connectivity index is 1.51. The van der Waals surface area contributed by atoms with Crippen molar-refractivity contribution in [2.24, 2.45) is 0 Å². The van der Waals surface area contributed by atoms with E-state index >= 15 is 0 Å². The Bertz CT molecular complexity index is 923. The second-order valence-electron chi connectivity index (χ2n) is 5.25. The van der Waals surface area contributed by atoms with E-state index in [1.165, 1.54) is 22.7 Å². The van der Waals surface area contributed by atoms with Crippen molar-refractivity contribution >= 4 is 62.2 Å². The van der Waals surface area contributed by atoms with Crippen LogP contribution in [0, 0.1) is 6.92 Å². The summed E-state index contributed by atoms with van der Waals surface area (Å²) in [6.45, 7) is 1.86. The molecule has 0 aliphatic rings. The van der Waals surface area contributed by atoms with Crippen LogP contribution in [0.1, 0.15) is 11.4 Å². The Morgan fingerprint density at radius 3 is 2.38 bits per heavy atom. The van der Waals surface area contributed by atoms with Crippen LogP contribution in [0.3, 0.4) is 0 Å². The van der Waals surface area contributed by atoms with Crippen LogP contribution < -0.4 is 16.0 Å². The maximum Gasteiger partial charge on any atom is 0.325 e. The van der Waals surface area contributed by atoms with E-state index in [1.807, 2.05) is 12.3 Å². The molecule has 0 atom stereocenters. The molecular weight excluding hydrogens is 394 g/mol. The molecule has 0 fully saturated rings. The number of nitrogens with one attached hydrogen (secondary N) is 3. The van der Waals surface area contributed by atoms with E-state index in [-0.39, 0.29) is 12.3 Å². The van der Waals surface area contributed by atoms with E-state index in [1.54, 1.807) is 29.6 Å². The number of benzene rings is 1. The van der Waals surface area contributed by atoms with E-state index in [4.69, 9.17) is 11.6 Å². The molecule has 3 N–H and O–H groups in total. The minimum atomic E-state index is -0.420. The van der Waals surface area contributed by atoms with E-state index in [2.05, 4.69) is 25.9 Å². The lowest BCUT2D eigenvalue weighted by atomic mass is 10.3. The summed E-state index contributed by atoms with van der Waals surface area (Å²) in [7, 11) is 0. The molecule has 2 heterocycles. The van der Waals surface area contributed by atoms with Crippen LogP contribution in [0.4, 0.5) is 20.7 Å².